The number of aromatic amines is 1. The Labute approximate surface area is 221 Å². The molecule has 0 radical (unpaired) electrons. The monoisotopic (exact) mass is 512 g/mol. The Balaban J connectivity index is 1.17. The van der Waals surface area contributed by atoms with Crippen molar-refractivity contribution in [3.05, 3.63) is 89.7 Å². The van der Waals surface area contributed by atoms with Crippen LogP contribution in [0, 0.1) is 5.92 Å². The summed E-state index contributed by atoms with van der Waals surface area (Å²) >= 11 is 6.47. The molecule has 0 bridgehead atoms. The van der Waals surface area contributed by atoms with E-state index in [0.29, 0.717) is 41.0 Å². The molecule has 6 nitrogen and oxygen atoms in total. The maximum Gasteiger partial charge on any atom is 0.223 e. The fourth-order valence-corrected chi connectivity index (χ4v) is 5.24. The average molecular weight is 513 g/mol. The van der Waals surface area contributed by atoms with Gasteiger partial charge in [-0.1, -0.05) is 60.6 Å². The van der Waals surface area contributed by atoms with E-state index in [1.807, 2.05) is 54.7 Å². The molecule has 37 heavy (non-hydrogen) atoms. The van der Waals surface area contributed by atoms with Crippen LogP contribution in [0.5, 0.6) is 0 Å². The summed E-state index contributed by atoms with van der Waals surface area (Å²) in [5.41, 5.74) is 4.29. The van der Waals surface area contributed by atoms with Gasteiger partial charge in [0.25, 0.3) is 0 Å². The van der Waals surface area contributed by atoms with E-state index >= 15 is 0 Å². The number of hydrogen-bond donors (Lipinski definition) is 2. The Hall–Kier alpha value is -3.77. The molecule has 0 unspecified atom stereocenters. The molecule has 1 aliphatic rings. The number of halogens is 1. The van der Waals surface area contributed by atoms with Gasteiger partial charge in [0.05, 0.1) is 16.9 Å². The van der Waals surface area contributed by atoms with Crippen molar-refractivity contribution in [3.8, 4) is 11.3 Å². The van der Waals surface area contributed by atoms with Crippen LogP contribution in [-0.4, -0.2) is 32.6 Å². The van der Waals surface area contributed by atoms with Crippen molar-refractivity contribution in [2.24, 2.45) is 5.92 Å². The summed E-state index contributed by atoms with van der Waals surface area (Å²) in [5.74, 6) is 1.06. The topological polar surface area (TPSA) is 87.7 Å². The molecule has 2 heterocycles. The number of anilines is 1. The minimum atomic E-state index is -0.0253. The highest BCUT2D eigenvalue weighted by atomic mass is 35.5. The third-order valence-electron chi connectivity index (χ3n) is 7.12. The quantitative estimate of drug-likeness (QED) is 0.190. The lowest BCUT2D eigenvalue weighted by atomic mass is 9.82. The van der Waals surface area contributed by atoms with Crippen LogP contribution in [0.4, 0.5) is 5.95 Å². The van der Waals surface area contributed by atoms with Crippen LogP contribution in [-0.2, 0) is 11.2 Å². The molecule has 1 aliphatic carbocycles. The van der Waals surface area contributed by atoms with Crippen molar-refractivity contribution in [2.75, 3.05) is 5.32 Å². The molecule has 1 saturated carbocycles. The smallest absolute Gasteiger partial charge is 0.223 e. The molecular formula is C30H29ClN4O2. The SMILES string of the molecule is C=CC(=O)Cc1ccc(C(=O)CC2CCC(Nc3ncc(Cl)c(-c4c[nH]c5ccccc45)n3)CC2)cc1. The van der Waals surface area contributed by atoms with Crippen molar-refractivity contribution < 1.29 is 9.59 Å². The van der Waals surface area contributed by atoms with E-state index < -0.39 is 0 Å². The van der Waals surface area contributed by atoms with Gasteiger partial charge in [0.2, 0.25) is 5.95 Å². The Bertz CT molecular complexity index is 1440. The van der Waals surface area contributed by atoms with Crippen molar-refractivity contribution in [3.63, 3.8) is 0 Å². The standard InChI is InChI=1S/C30H29ClN4O2/c1-2-23(36)15-19-7-11-21(12-8-19)28(37)16-20-9-13-22(14-10-20)34-30-33-18-26(31)29(35-30)25-17-32-27-6-4-3-5-24(25)27/h2-8,11-12,17-18,20,22,32H,1,9-10,13-16H2,(H,33,34,35). The number of benzene rings is 2. The Morgan fingerprint density at radius 3 is 2.59 bits per heavy atom. The summed E-state index contributed by atoms with van der Waals surface area (Å²) in [4.78, 5) is 36.8. The summed E-state index contributed by atoms with van der Waals surface area (Å²) in [6.07, 6.45) is 9.61. The third kappa shape index (κ3) is 5.81. The van der Waals surface area contributed by atoms with Crippen LogP contribution in [0.1, 0.15) is 48.0 Å². The molecule has 0 atom stereocenters. The number of ketones is 2. The van der Waals surface area contributed by atoms with Gasteiger partial charge < -0.3 is 10.3 Å². The second-order valence-corrected chi connectivity index (χ2v) is 10.1. The second kappa shape index (κ2) is 11.1. The maximum absolute atomic E-state index is 12.8. The number of aromatic nitrogens is 3. The molecule has 7 heteroatoms. The molecule has 188 valence electrons. The van der Waals surface area contributed by atoms with E-state index in [2.05, 4.69) is 21.9 Å². The lowest BCUT2D eigenvalue weighted by Gasteiger charge is -2.29. The van der Waals surface area contributed by atoms with Crippen LogP contribution in [0.3, 0.4) is 0 Å². The highest BCUT2D eigenvalue weighted by molar-refractivity contribution is 6.33. The molecule has 1 fully saturated rings. The number of carbonyl (C=O) groups excluding carboxylic acids is 2. The highest BCUT2D eigenvalue weighted by Gasteiger charge is 2.24. The van der Waals surface area contributed by atoms with Gasteiger partial charge in [-0.3, -0.25) is 9.59 Å². The predicted molar refractivity (Wildman–Crippen MR) is 148 cm³/mol. The Morgan fingerprint density at radius 2 is 1.84 bits per heavy atom. The molecular weight excluding hydrogens is 484 g/mol. The van der Waals surface area contributed by atoms with E-state index in [1.165, 1.54) is 6.08 Å². The zero-order valence-electron chi connectivity index (χ0n) is 20.5. The summed E-state index contributed by atoms with van der Waals surface area (Å²) in [5, 5.41) is 5.06. The predicted octanol–water partition coefficient (Wildman–Crippen LogP) is 6.82. The number of para-hydroxylation sites is 1. The van der Waals surface area contributed by atoms with Gasteiger partial charge >= 0.3 is 0 Å². The first-order valence-corrected chi connectivity index (χ1v) is 13.0. The van der Waals surface area contributed by atoms with Crippen LogP contribution >= 0.6 is 11.6 Å². The van der Waals surface area contributed by atoms with Gasteiger partial charge in [-0.05, 0) is 49.3 Å². The third-order valence-corrected chi connectivity index (χ3v) is 7.40. The van der Waals surface area contributed by atoms with Crippen molar-refractivity contribution in [2.45, 2.75) is 44.6 Å². The Kier molecular flexibility index (Phi) is 7.47. The maximum atomic E-state index is 12.8. The van der Waals surface area contributed by atoms with E-state index in [9.17, 15) is 9.59 Å². The number of fused-ring (bicyclic) bond motifs is 1. The molecule has 5 rings (SSSR count). The fourth-order valence-electron chi connectivity index (χ4n) is 5.05. The summed E-state index contributed by atoms with van der Waals surface area (Å²) < 4.78 is 0. The number of nitrogens with one attached hydrogen (secondary N) is 2. The number of H-pyrrole nitrogens is 1. The minimum absolute atomic E-state index is 0.0253. The number of nitrogens with zero attached hydrogens (tertiary/aromatic N) is 2. The molecule has 0 spiro atoms. The average Bonchev–Trinajstić information content (AvgIpc) is 3.35. The van der Waals surface area contributed by atoms with Crippen LogP contribution < -0.4 is 5.32 Å². The molecule has 2 N–H and O–H groups in total. The molecule has 2 aromatic carbocycles. The highest BCUT2D eigenvalue weighted by Crippen LogP contribution is 2.33. The van der Waals surface area contributed by atoms with E-state index in [1.54, 1.807) is 6.20 Å². The Morgan fingerprint density at radius 1 is 1.08 bits per heavy atom. The zero-order valence-corrected chi connectivity index (χ0v) is 21.3. The van der Waals surface area contributed by atoms with Gasteiger partial charge in [-0.2, -0.15) is 0 Å². The lowest BCUT2D eigenvalue weighted by molar-refractivity contribution is -0.114. The van der Waals surface area contributed by atoms with E-state index in [0.717, 1.165) is 47.7 Å². The number of hydrogen-bond acceptors (Lipinski definition) is 5. The second-order valence-electron chi connectivity index (χ2n) is 9.67. The largest absolute Gasteiger partial charge is 0.360 e. The van der Waals surface area contributed by atoms with E-state index in [4.69, 9.17) is 16.6 Å². The number of carbonyl (C=O) groups is 2. The first-order valence-electron chi connectivity index (χ1n) is 12.6. The van der Waals surface area contributed by atoms with Crippen LogP contribution in [0.15, 0.2) is 73.6 Å². The van der Waals surface area contributed by atoms with Crippen LogP contribution in [0.25, 0.3) is 22.2 Å². The molecule has 2 aromatic heterocycles. The first kappa shape index (κ1) is 24.9. The number of allylic oxidation sites excluding steroid dienone is 1. The molecule has 4 aromatic rings. The zero-order chi connectivity index (χ0) is 25.8. The van der Waals surface area contributed by atoms with Crippen LogP contribution in [0.2, 0.25) is 5.02 Å². The van der Waals surface area contributed by atoms with Gasteiger partial charge in [-0.15, -0.1) is 0 Å². The minimum Gasteiger partial charge on any atom is -0.360 e. The molecule has 0 amide bonds. The lowest BCUT2D eigenvalue weighted by Crippen LogP contribution is -2.28. The van der Waals surface area contributed by atoms with Gasteiger partial charge in [0, 0.05) is 47.1 Å². The number of Topliss-reactive ketones (excluding diaryl/α,β-unsaturated/α-hetero) is 1. The number of rotatable bonds is 9. The van der Waals surface area contributed by atoms with Crippen molar-refractivity contribution in [1.29, 1.82) is 0 Å². The molecule has 0 aliphatic heterocycles. The fraction of sp³-hybridized carbons (Fsp3) is 0.267. The summed E-state index contributed by atoms with van der Waals surface area (Å²) in [7, 11) is 0. The molecule has 0 saturated heterocycles. The van der Waals surface area contributed by atoms with Crippen molar-refractivity contribution >= 4 is 40.0 Å². The van der Waals surface area contributed by atoms with Gasteiger partial charge in [0.1, 0.15) is 0 Å². The first-order chi connectivity index (χ1) is 18.0. The normalized spacial score (nSPS) is 17.4. The van der Waals surface area contributed by atoms with E-state index in [-0.39, 0.29) is 17.6 Å². The van der Waals surface area contributed by atoms with Gasteiger partial charge in [-0.25, -0.2) is 9.97 Å². The van der Waals surface area contributed by atoms with Crippen molar-refractivity contribution in [1.82, 2.24) is 15.0 Å². The summed E-state index contributed by atoms with van der Waals surface area (Å²) in [6.45, 7) is 3.50. The van der Waals surface area contributed by atoms with Gasteiger partial charge in [0.15, 0.2) is 11.6 Å². The summed E-state index contributed by atoms with van der Waals surface area (Å²) in [6, 6.07) is 15.7.